The second-order valence-electron chi connectivity index (χ2n) is 13.3. The van der Waals surface area contributed by atoms with Gasteiger partial charge in [0.25, 0.3) is 0 Å². The third kappa shape index (κ3) is 6.92. The van der Waals surface area contributed by atoms with Gasteiger partial charge in [-0.15, -0.1) is 0 Å². The predicted octanol–water partition coefficient (Wildman–Crippen LogP) is 2.98. The van der Waals surface area contributed by atoms with Gasteiger partial charge < -0.3 is 25.6 Å². The molecule has 0 bridgehead atoms. The van der Waals surface area contributed by atoms with Gasteiger partial charge in [0.05, 0.1) is 17.6 Å². The van der Waals surface area contributed by atoms with Crippen molar-refractivity contribution in [3.8, 4) is 0 Å². The van der Waals surface area contributed by atoms with Crippen molar-refractivity contribution in [1.29, 1.82) is 0 Å². The van der Waals surface area contributed by atoms with E-state index < -0.39 is 35.2 Å². The van der Waals surface area contributed by atoms with E-state index in [1.807, 2.05) is 0 Å². The fraction of sp³-hybridized carbons (Fsp3) is 0.897. The number of alkyl halides is 2. The van der Waals surface area contributed by atoms with Crippen LogP contribution in [0.25, 0.3) is 0 Å². The molecule has 4 aliphatic rings. The minimum Gasteiger partial charge on any atom is -0.378 e. The summed E-state index contributed by atoms with van der Waals surface area (Å²) in [4.78, 5) is 43.6. The summed E-state index contributed by atoms with van der Waals surface area (Å²) < 4.78 is 34.8. The molecule has 0 aromatic heterocycles. The van der Waals surface area contributed by atoms with E-state index in [-0.39, 0.29) is 56.1 Å². The Morgan fingerprint density at radius 3 is 2.44 bits per heavy atom. The summed E-state index contributed by atoms with van der Waals surface area (Å²) >= 11 is 0. The van der Waals surface area contributed by atoms with Crippen LogP contribution in [0.5, 0.6) is 0 Å². The van der Waals surface area contributed by atoms with Crippen molar-refractivity contribution in [3.63, 3.8) is 0 Å². The first kappa shape index (κ1) is 30.2. The summed E-state index contributed by atoms with van der Waals surface area (Å²) in [6.45, 7) is 4.82. The van der Waals surface area contributed by atoms with Crippen molar-refractivity contribution in [2.75, 3.05) is 39.9 Å². The van der Waals surface area contributed by atoms with E-state index in [9.17, 15) is 23.2 Å². The number of hydrogen-bond acceptors (Lipinski definition) is 5. The summed E-state index contributed by atoms with van der Waals surface area (Å²) in [6, 6.07) is -0.924. The number of carbonyl (C=O) groups is 3. The zero-order valence-corrected chi connectivity index (χ0v) is 23.9. The maximum absolute atomic E-state index is 14.4. The lowest BCUT2D eigenvalue weighted by atomic mass is 9.63. The molecule has 4 rings (SSSR count). The molecule has 2 aliphatic heterocycles. The lowest BCUT2D eigenvalue weighted by Gasteiger charge is -2.46. The van der Waals surface area contributed by atoms with Crippen molar-refractivity contribution >= 4 is 17.7 Å². The van der Waals surface area contributed by atoms with Gasteiger partial charge in [0, 0.05) is 39.7 Å². The molecule has 3 amide bonds. The fourth-order valence-corrected chi connectivity index (χ4v) is 7.44. The molecule has 0 radical (unpaired) electrons. The molecular formula is C29H48F2N4O4. The third-order valence-electron chi connectivity index (χ3n) is 9.54. The molecule has 0 aromatic carbocycles. The number of nitrogens with two attached hydrogens (primary N) is 1. The zero-order chi connectivity index (χ0) is 28.4. The Morgan fingerprint density at radius 2 is 1.79 bits per heavy atom. The number of carbonyl (C=O) groups excluding carboxylic acids is 3. The summed E-state index contributed by atoms with van der Waals surface area (Å²) in [7, 11) is 1.74. The molecule has 39 heavy (non-hydrogen) atoms. The van der Waals surface area contributed by atoms with Crippen LogP contribution < -0.4 is 11.1 Å². The minimum atomic E-state index is -1.21. The zero-order valence-electron chi connectivity index (χ0n) is 23.9. The summed E-state index contributed by atoms with van der Waals surface area (Å²) in [5, 5.41) is 2.80. The van der Waals surface area contributed by atoms with Crippen LogP contribution in [0, 0.1) is 23.2 Å². The van der Waals surface area contributed by atoms with E-state index in [0.717, 1.165) is 12.8 Å². The molecule has 2 aliphatic carbocycles. The van der Waals surface area contributed by atoms with Crippen LogP contribution in [0.3, 0.4) is 0 Å². The number of rotatable bonds is 8. The number of amides is 3. The Balaban J connectivity index is 1.50. The van der Waals surface area contributed by atoms with Gasteiger partial charge in [-0.05, 0) is 70.1 Å². The van der Waals surface area contributed by atoms with Gasteiger partial charge in [0.15, 0.2) is 0 Å². The van der Waals surface area contributed by atoms with E-state index in [1.54, 1.807) is 30.7 Å². The highest BCUT2D eigenvalue weighted by molar-refractivity contribution is 5.92. The van der Waals surface area contributed by atoms with Crippen LogP contribution >= 0.6 is 0 Å². The van der Waals surface area contributed by atoms with Crippen molar-refractivity contribution < 1.29 is 27.9 Å². The molecule has 5 atom stereocenters. The van der Waals surface area contributed by atoms with Crippen LogP contribution in [0.1, 0.15) is 78.1 Å². The van der Waals surface area contributed by atoms with Crippen LogP contribution in [0.15, 0.2) is 0 Å². The molecule has 0 aromatic rings. The molecule has 2 heterocycles. The van der Waals surface area contributed by atoms with Gasteiger partial charge >= 0.3 is 0 Å². The normalized spacial score (nSPS) is 33.4. The lowest BCUT2D eigenvalue weighted by molar-refractivity contribution is -0.149. The van der Waals surface area contributed by atoms with Crippen LogP contribution in [0.2, 0.25) is 0 Å². The van der Waals surface area contributed by atoms with E-state index in [0.29, 0.717) is 38.5 Å². The first-order valence-electron chi connectivity index (χ1n) is 14.9. The van der Waals surface area contributed by atoms with E-state index in [2.05, 4.69) is 5.32 Å². The Morgan fingerprint density at radius 1 is 1.13 bits per heavy atom. The lowest BCUT2D eigenvalue weighted by Crippen LogP contribution is -2.61. The van der Waals surface area contributed by atoms with Crippen molar-refractivity contribution in [2.45, 2.75) is 102 Å². The Kier molecular flexibility index (Phi) is 9.56. The number of piperidine rings is 1. The van der Waals surface area contributed by atoms with Crippen molar-refractivity contribution in [2.24, 2.45) is 28.9 Å². The number of nitrogens with zero attached hydrogens (tertiary/aromatic N) is 2. The van der Waals surface area contributed by atoms with Gasteiger partial charge in [0.1, 0.15) is 18.4 Å². The molecule has 222 valence electrons. The number of nitrogens with one attached hydrogen (secondary N) is 1. The van der Waals surface area contributed by atoms with E-state index >= 15 is 0 Å². The number of hydrogen-bond donors (Lipinski definition) is 2. The van der Waals surface area contributed by atoms with Gasteiger partial charge in [-0.25, -0.2) is 8.78 Å². The fourth-order valence-electron chi connectivity index (χ4n) is 7.44. The Bertz CT molecular complexity index is 883. The molecular weight excluding hydrogens is 506 g/mol. The monoisotopic (exact) mass is 554 g/mol. The van der Waals surface area contributed by atoms with Crippen molar-refractivity contribution in [3.05, 3.63) is 0 Å². The van der Waals surface area contributed by atoms with Crippen LogP contribution in [0.4, 0.5) is 8.78 Å². The first-order valence-corrected chi connectivity index (χ1v) is 14.9. The Labute approximate surface area is 231 Å². The topological polar surface area (TPSA) is 105 Å². The van der Waals surface area contributed by atoms with Crippen LogP contribution in [-0.2, 0) is 19.1 Å². The number of likely N-dealkylation sites (tertiary alicyclic amines) is 2. The average molecular weight is 555 g/mol. The molecule has 1 spiro atoms. The molecule has 5 unspecified atom stereocenters. The van der Waals surface area contributed by atoms with Crippen LogP contribution in [-0.4, -0.2) is 91.3 Å². The quantitative estimate of drug-likeness (QED) is 0.480. The van der Waals surface area contributed by atoms with E-state index in [4.69, 9.17) is 10.5 Å². The molecule has 2 saturated carbocycles. The third-order valence-corrected chi connectivity index (χ3v) is 9.54. The molecule has 10 heteroatoms. The molecule has 4 fully saturated rings. The van der Waals surface area contributed by atoms with Gasteiger partial charge in [-0.1, -0.05) is 19.3 Å². The standard InChI is InChI=1S/C29H48F2N4O4/c1-28(2,32)26(37)33-24(17-39-16-19-8-5-4-6-9-19)25(36)35-11-7-10-29(18-35)23(15-34(3)27(29)38)20-12-21(30)14-22(31)13-20/h19-24H,4-18,32H2,1-3H3,(H,33,37). The largest absolute Gasteiger partial charge is 0.378 e. The highest BCUT2D eigenvalue weighted by atomic mass is 19.1. The van der Waals surface area contributed by atoms with Gasteiger partial charge in [0.2, 0.25) is 17.7 Å². The predicted molar refractivity (Wildman–Crippen MR) is 144 cm³/mol. The van der Waals surface area contributed by atoms with Crippen molar-refractivity contribution in [1.82, 2.24) is 15.1 Å². The maximum atomic E-state index is 14.4. The summed E-state index contributed by atoms with van der Waals surface area (Å²) in [6.07, 6.45) is 5.01. The van der Waals surface area contributed by atoms with Gasteiger partial charge in [-0.3, -0.25) is 14.4 Å². The molecule has 3 N–H and O–H groups in total. The summed E-state index contributed by atoms with van der Waals surface area (Å²) in [5.41, 5.74) is 3.97. The van der Waals surface area contributed by atoms with Gasteiger partial charge in [-0.2, -0.15) is 0 Å². The first-order chi connectivity index (χ1) is 18.4. The average Bonchev–Trinajstić information content (AvgIpc) is 3.12. The molecule has 8 nitrogen and oxygen atoms in total. The van der Waals surface area contributed by atoms with E-state index in [1.165, 1.54) is 19.3 Å². The number of halogens is 2. The highest BCUT2D eigenvalue weighted by Crippen LogP contribution is 2.51. The maximum Gasteiger partial charge on any atom is 0.247 e. The smallest absolute Gasteiger partial charge is 0.247 e. The molecule has 2 saturated heterocycles. The number of ether oxygens (including phenoxy) is 1. The minimum absolute atomic E-state index is 0.0353. The summed E-state index contributed by atoms with van der Waals surface area (Å²) in [5.74, 6) is -0.823. The SMILES string of the molecule is CN1CC(C2CC(F)CC(F)C2)C2(CCCN(C(=O)C(COCC3CCCCC3)NC(=O)C(C)(C)N)C2)C1=O. The highest BCUT2D eigenvalue weighted by Gasteiger charge is 2.58. The second kappa shape index (κ2) is 12.4. The second-order valence-corrected chi connectivity index (χ2v) is 13.3. The Hall–Kier alpha value is -1.81.